The number of carbonyl (C=O) groups excluding carboxylic acids is 1. The average Bonchev–Trinajstić information content (AvgIpc) is 3.22. The van der Waals surface area contributed by atoms with Crippen LogP contribution < -0.4 is 5.32 Å². The van der Waals surface area contributed by atoms with Crippen molar-refractivity contribution >= 4 is 21.6 Å². The lowest BCUT2D eigenvalue weighted by atomic mass is 9.97. The molecule has 2 aromatic heterocycles. The molecule has 0 spiro atoms. The Balaban J connectivity index is 1.28. The zero-order valence-corrected chi connectivity index (χ0v) is 19.3. The summed E-state index contributed by atoms with van der Waals surface area (Å²) in [7, 11) is -3.54. The van der Waals surface area contributed by atoms with E-state index in [4.69, 9.17) is 0 Å². The van der Waals surface area contributed by atoms with Crippen LogP contribution in [0.1, 0.15) is 44.0 Å². The fourth-order valence-corrected chi connectivity index (χ4v) is 5.51. The summed E-state index contributed by atoms with van der Waals surface area (Å²) < 4.78 is 29.3. The van der Waals surface area contributed by atoms with Crippen molar-refractivity contribution in [3.05, 3.63) is 60.0 Å². The molecule has 8 nitrogen and oxygen atoms in total. The maximum absolute atomic E-state index is 13.0. The van der Waals surface area contributed by atoms with Crippen LogP contribution >= 0.6 is 0 Å². The van der Waals surface area contributed by atoms with Crippen molar-refractivity contribution in [2.24, 2.45) is 5.92 Å². The van der Waals surface area contributed by atoms with Crippen LogP contribution in [0.4, 0.5) is 0 Å². The van der Waals surface area contributed by atoms with Gasteiger partial charge in [0.15, 0.2) is 5.65 Å². The van der Waals surface area contributed by atoms with Gasteiger partial charge in [-0.2, -0.15) is 4.31 Å². The van der Waals surface area contributed by atoms with Crippen LogP contribution in [0.25, 0.3) is 5.65 Å². The Kier molecular flexibility index (Phi) is 6.57. The molecule has 0 unspecified atom stereocenters. The number of nitrogens with one attached hydrogen (secondary N) is 1. The zero-order chi connectivity index (χ0) is 22.7. The number of pyridine rings is 1. The molecule has 0 saturated carbocycles. The normalized spacial score (nSPS) is 16.0. The number of hydrogen-bond donors (Lipinski definition) is 1. The van der Waals surface area contributed by atoms with Crippen molar-refractivity contribution in [2.45, 2.75) is 43.9 Å². The van der Waals surface area contributed by atoms with E-state index < -0.39 is 10.0 Å². The average molecular weight is 456 g/mol. The first-order chi connectivity index (χ1) is 15.4. The van der Waals surface area contributed by atoms with E-state index in [2.05, 4.69) is 29.4 Å². The van der Waals surface area contributed by atoms with Crippen molar-refractivity contribution in [1.82, 2.24) is 24.2 Å². The molecule has 3 aromatic rings. The molecule has 0 atom stereocenters. The van der Waals surface area contributed by atoms with Gasteiger partial charge in [0.05, 0.1) is 4.90 Å². The number of piperidine rings is 1. The van der Waals surface area contributed by atoms with E-state index in [1.165, 1.54) is 4.31 Å². The SMILES string of the molecule is CC(C)c1ccc(S(=O)(=O)N2CCC(C(=O)NCCc3nnc4ccccn34)CC2)cc1. The van der Waals surface area contributed by atoms with Crippen molar-refractivity contribution in [1.29, 1.82) is 0 Å². The Morgan fingerprint density at radius 1 is 1.09 bits per heavy atom. The van der Waals surface area contributed by atoms with E-state index in [1.54, 1.807) is 12.1 Å². The molecule has 170 valence electrons. The number of benzene rings is 1. The molecule has 1 saturated heterocycles. The van der Waals surface area contributed by atoms with Gasteiger partial charge in [0, 0.05) is 38.2 Å². The minimum Gasteiger partial charge on any atom is -0.355 e. The fourth-order valence-electron chi connectivity index (χ4n) is 4.04. The van der Waals surface area contributed by atoms with Crippen molar-refractivity contribution in [3.63, 3.8) is 0 Å². The molecule has 4 rings (SSSR count). The largest absolute Gasteiger partial charge is 0.355 e. The smallest absolute Gasteiger partial charge is 0.243 e. The highest BCUT2D eigenvalue weighted by Gasteiger charge is 2.32. The highest BCUT2D eigenvalue weighted by Crippen LogP contribution is 2.25. The third-order valence-electron chi connectivity index (χ3n) is 6.04. The quantitative estimate of drug-likeness (QED) is 0.591. The van der Waals surface area contributed by atoms with Gasteiger partial charge in [0.2, 0.25) is 15.9 Å². The molecule has 1 fully saturated rings. The molecule has 1 amide bonds. The second-order valence-electron chi connectivity index (χ2n) is 8.49. The van der Waals surface area contributed by atoms with Gasteiger partial charge in [0.1, 0.15) is 5.82 Å². The van der Waals surface area contributed by atoms with Gasteiger partial charge in [-0.1, -0.05) is 32.0 Å². The van der Waals surface area contributed by atoms with Crippen LogP contribution in [-0.2, 0) is 21.2 Å². The van der Waals surface area contributed by atoms with Crippen molar-refractivity contribution in [3.8, 4) is 0 Å². The second-order valence-corrected chi connectivity index (χ2v) is 10.4. The fraction of sp³-hybridized carbons (Fsp3) is 0.435. The second kappa shape index (κ2) is 9.38. The van der Waals surface area contributed by atoms with Gasteiger partial charge in [-0.05, 0) is 48.6 Å². The van der Waals surface area contributed by atoms with E-state index in [0.717, 1.165) is 17.0 Å². The summed E-state index contributed by atoms with van der Waals surface area (Å²) in [6.07, 6.45) is 3.52. The molecule has 0 aliphatic carbocycles. The summed E-state index contributed by atoms with van der Waals surface area (Å²) in [6.45, 7) is 5.32. The first kappa shape index (κ1) is 22.4. The Hall–Kier alpha value is -2.78. The molecule has 9 heteroatoms. The summed E-state index contributed by atoms with van der Waals surface area (Å²) in [5, 5.41) is 11.3. The molecule has 3 heterocycles. The molecule has 0 bridgehead atoms. The molecular formula is C23H29N5O3S. The lowest BCUT2D eigenvalue weighted by molar-refractivity contribution is -0.126. The first-order valence-corrected chi connectivity index (χ1v) is 12.5. The zero-order valence-electron chi connectivity index (χ0n) is 18.4. The van der Waals surface area contributed by atoms with Crippen LogP contribution in [-0.4, -0.2) is 52.9 Å². The summed E-state index contributed by atoms with van der Waals surface area (Å²) in [5.41, 5.74) is 1.89. The number of aromatic nitrogens is 3. The molecule has 32 heavy (non-hydrogen) atoms. The summed E-state index contributed by atoms with van der Waals surface area (Å²) in [6, 6.07) is 12.8. The van der Waals surface area contributed by atoms with E-state index in [9.17, 15) is 13.2 Å². The van der Waals surface area contributed by atoms with Gasteiger partial charge >= 0.3 is 0 Å². The molecule has 1 aliphatic heterocycles. The van der Waals surface area contributed by atoms with E-state index in [0.29, 0.717) is 49.7 Å². The van der Waals surface area contributed by atoms with Crippen LogP contribution in [0.15, 0.2) is 53.6 Å². The molecule has 1 aliphatic rings. The number of carbonyl (C=O) groups is 1. The standard InChI is InChI=1S/C23H29N5O3S/c1-17(2)18-6-8-20(9-7-18)32(30,31)27-15-11-19(12-16-27)23(29)24-13-10-22-26-25-21-5-3-4-14-28(21)22/h3-9,14,17,19H,10-13,15-16H2,1-2H3,(H,24,29). The predicted molar refractivity (Wildman–Crippen MR) is 122 cm³/mol. The summed E-state index contributed by atoms with van der Waals surface area (Å²) in [5.74, 6) is 0.937. The number of nitrogens with zero attached hydrogens (tertiary/aromatic N) is 4. The Morgan fingerprint density at radius 2 is 1.81 bits per heavy atom. The number of hydrogen-bond acceptors (Lipinski definition) is 5. The lowest BCUT2D eigenvalue weighted by Gasteiger charge is -2.30. The molecule has 1 aromatic carbocycles. The summed E-state index contributed by atoms with van der Waals surface area (Å²) >= 11 is 0. The maximum Gasteiger partial charge on any atom is 0.243 e. The predicted octanol–water partition coefficient (Wildman–Crippen LogP) is 2.61. The lowest BCUT2D eigenvalue weighted by Crippen LogP contribution is -2.43. The van der Waals surface area contributed by atoms with Crippen LogP contribution in [0, 0.1) is 5.92 Å². The Bertz CT molecular complexity index is 1180. The van der Waals surface area contributed by atoms with Crippen LogP contribution in [0.5, 0.6) is 0 Å². The summed E-state index contributed by atoms with van der Waals surface area (Å²) in [4.78, 5) is 12.9. The third kappa shape index (κ3) is 4.68. The highest BCUT2D eigenvalue weighted by molar-refractivity contribution is 7.89. The monoisotopic (exact) mass is 455 g/mol. The topological polar surface area (TPSA) is 96.7 Å². The molecular weight excluding hydrogens is 426 g/mol. The number of sulfonamides is 1. The van der Waals surface area contributed by atoms with E-state index in [1.807, 2.05) is 40.9 Å². The molecule has 1 N–H and O–H groups in total. The Labute approximate surface area is 188 Å². The number of fused-ring (bicyclic) bond motifs is 1. The number of rotatable bonds is 7. The van der Waals surface area contributed by atoms with Crippen LogP contribution in [0.2, 0.25) is 0 Å². The van der Waals surface area contributed by atoms with Crippen molar-refractivity contribution in [2.75, 3.05) is 19.6 Å². The van der Waals surface area contributed by atoms with Crippen molar-refractivity contribution < 1.29 is 13.2 Å². The van der Waals surface area contributed by atoms with Gasteiger partial charge in [-0.15, -0.1) is 10.2 Å². The molecule has 0 radical (unpaired) electrons. The van der Waals surface area contributed by atoms with E-state index in [-0.39, 0.29) is 11.8 Å². The van der Waals surface area contributed by atoms with Crippen LogP contribution in [0.3, 0.4) is 0 Å². The highest BCUT2D eigenvalue weighted by atomic mass is 32.2. The Morgan fingerprint density at radius 3 is 2.50 bits per heavy atom. The first-order valence-electron chi connectivity index (χ1n) is 11.0. The van der Waals surface area contributed by atoms with Gasteiger partial charge in [0.25, 0.3) is 0 Å². The minimum atomic E-state index is -3.54. The third-order valence-corrected chi connectivity index (χ3v) is 7.95. The number of amides is 1. The van der Waals surface area contributed by atoms with E-state index >= 15 is 0 Å². The minimum absolute atomic E-state index is 0.0304. The maximum atomic E-state index is 13.0. The van der Waals surface area contributed by atoms with Gasteiger partial charge in [-0.3, -0.25) is 9.20 Å². The van der Waals surface area contributed by atoms with Gasteiger partial charge in [-0.25, -0.2) is 8.42 Å². The van der Waals surface area contributed by atoms with Gasteiger partial charge < -0.3 is 5.32 Å².